The fraction of sp³-hybridized carbons (Fsp3) is 0. The molecule has 0 aliphatic carbocycles. The summed E-state index contributed by atoms with van der Waals surface area (Å²) in [6.07, 6.45) is 0. The van der Waals surface area contributed by atoms with Crippen LogP contribution < -0.4 is 64.1 Å². The van der Waals surface area contributed by atoms with Crippen LogP contribution in [-0.2, 0) is 24.1 Å². The summed E-state index contributed by atoms with van der Waals surface area (Å²) in [7, 11) is -8.68. The van der Waals surface area contributed by atoms with Gasteiger partial charge in [-0.3, -0.25) is 0 Å². The first kappa shape index (κ1) is 49.9. The predicted octanol–water partition coefficient (Wildman–Crippen LogP) is 8.74. The molecule has 0 atom stereocenters. The van der Waals surface area contributed by atoms with Crippen molar-refractivity contribution >= 4 is 102 Å². The van der Waals surface area contributed by atoms with E-state index in [0.717, 1.165) is 0 Å². The van der Waals surface area contributed by atoms with Gasteiger partial charge in [-0.1, -0.05) is 271 Å². The van der Waals surface area contributed by atoms with Crippen LogP contribution in [-0.4, -0.2) is 14.0 Å². The Kier molecular flexibility index (Phi) is 18.8. The zero-order chi connectivity index (χ0) is 45.4. The maximum absolute atomic E-state index is 9.75. The third-order valence-corrected chi connectivity index (χ3v) is 18.1. The Labute approximate surface area is 402 Å². The Bertz CT molecular complexity index is 2440. The van der Waals surface area contributed by atoms with Gasteiger partial charge in [-0.2, -0.15) is 0 Å². The van der Waals surface area contributed by atoms with Gasteiger partial charge in [0.2, 0.25) is 6.71 Å². The molecule has 9 aromatic rings. The van der Waals surface area contributed by atoms with E-state index in [1.54, 1.807) is 0 Å². The topological polar surface area (TPSA) is 19.9 Å². The van der Waals surface area contributed by atoms with Gasteiger partial charge >= 0.3 is 18.6 Å². The molecule has 0 saturated heterocycles. The van der Waals surface area contributed by atoms with Crippen molar-refractivity contribution in [2.75, 3.05) is 0 Å². The van der Waals surface area contributed by atoms with Crippen LogP contribution in [0.1, 0.15) is 0 Å². The Hall–Kier alpha value is -5.52. The van der Waals surface area contributed by atoms with Gasteiger partial charge in [0.15, 0.2) is 0 Å². The summed E-state index contributed by atoms with van der Waals surface area (Å²) in [5.41, 5.74) is 4.06. The zero-order valence-corrected chi connectivity index (χ0v) is 39.8. The second kappa shape index (κ2) is 24.8. The third kappa shape index (κ3) is 12.7. The van der Waals surface area contributed by atoms with Crippen molar-refractivity contribution in [1.29, 1.82) is 0 Å². The van der Waals surface area contributed by atoms with Crippen LogP contribution in [0, 0.1) is 6.65 Å². The summed E-state index contributed by atoms with van der Waals surface area (Å²) >= 11 is 0. The minimum atomic E-state index is -6.00. The molecule has 0 aliphatic heterocycles. The van der Waals surface area contributed by atoms with E-state index in [0.29, 0.717) is 0 Å². The Balaban J connectivity index is 0.000000845. The van der Waals surface area contributed by atoms with Gasteiger partial charge in [0.25, 0.3) is 0 Å². The quantitative estimate of drug-likeness (QED) is 0.0384. The van der Waals surface area contributed by atoms with Crippen molar-refractivity contribution in [1.82, 2.24) is 0 Å². The standard InChI is InChI=1S/C54H42BP3.CO.BF4.Rh/c1-7-25-43(26-8-1)56(44-27-9-2-10-28-44)52-40-22-19-37-49(52)55(50-38-20-23-41-53(50)57(45-29-11-3-12-30-45)46-31-13-4-14-32-46)51-39-21-24-42-54(51)58(47-33-15-5-16-34-47)48-35-17-6-18-36-48;1-2;2-1(3,4)5;/h1-42H;;;/q;;-1;. The fourth-order valence-electron chi connectivity index (χ4n) is 8.05. The summed E-state index contributed by atoms with van der Waals surface area (Å²) in [6, 6.07) is 95.0. The first-order chi connectivity index (χ1) is 31.8. The Morgan fingerprint density at radius 3 is 0.621 bits per heavy atom. The number of hydrogen-bond acceptors (Lipinski definition) is 0. The zero-order valence-electron chi connectivity index (χ0n) is 35.5. The first-order valence-corrected chi connectivity index (χ1v) is 24.9. The van der Waals surface area contributed by atoms with E-state index < -0.39 is 31.0 Å². The van der Waals surface area contributed by atoms with E-state index in [1.807, 2.05) is 0 Å². The van der Waals surface area contributed by atoms with Gasteiger partial charge in [-0.05, 0) is 71.5 Å². The summed E-state index contributed by atoms with van der Waals surface area (Å²) < 4.78 is 46.5. The first-order valence-electron chi connectivity index (χ1n) is 20.9. The average Bonchev–Trinajstić information content (AvgIpc) is 3.35. The molecule has 0 bridgehead atoms. The minimum Gasteiger partial charge on any atom is -0.0663 e. The largest absolute Gasteiger partial charge is 0.243 e. The van der Waals surface area contributed by atoms with Crippen LogP contribution in [0.25, 0.3) is 0 Å². The predicted molar refractivity (Wildman–Crippen MR) is 274 cm³/mol. The molecule has 1 radical (unpaired) electrons. The maximum Gasteiger partial charge on any atom is 0.243 e. The van der Waals surface area contributed by atoms with Crippen LogP contribution in [0.5, 0.6) is 0 Å². The maximum atomic E-state index is 9.75. The van der Waals surface area contributed by atoms with Gasteiger partial charge < -0.3 is 17.3 Å². The van der Waals surface area contributed by atoms with Gasteiger partial charge in [0.1, 0.15) is 0 Å². The molecule has 0 aromatic heterocycles. The number of rotatable bonds is 12. The average molecular weight is 1010 g/mol. The SMILES string of the molecule is F[B-](F)(F)F.[C-]#[O+].[Rh].c1ccc(P(c2ccccc2)c2ccccc2B(c2ccccc2P(c2ccccc2)c2ccccc2)c2ccccc2P(c2ccccc2)c2ccccc2)cc1. The molecule has 0 aliphatic rings. The van der Waals surface area contributed by atoms with Crippen LogP contribution in [0.2, 0.25) is 0 Å². The van der Waals surface area contributed by atoms with Gasteiger partial charge in [-0.15, -0.1) is 0 Å². The number of hydrogen-bond donors (Lipinski definition) is 0. The van der Waals surface area contributed by atoms with E-state index in [2.05, 4.69) is 261 Å². The number of halogens is 4. The van der Waals surface area contributed by atoms with Crippen molar-refractivity contribution in [3.63, 3.8) is 0 Å². The van der Waals surface area contributed by atoms with Crippen molar-refractivity contribution in [3.05, 3.63) is 261 Å². The van der Waals surface area contributed by atoms with Crippen LogP contribution >= 0.6 is 23.8 Å². The Morgan fingerprint density at radius 1 is 0.288 bits per heavy atom. The van der Waals surface area contributed by atoms with Crippen molar-refractivity contribution in [2.45, 2.75) is 0 Å². The molecule has 0 heterocycles. The van der Waals surface area contributed by atoms with Crippen molar-refractivity contribution in [3.8, 4) is 0 Å². The second-order valence-electron chi connectivity index (χ2n) is 14.6. The normalized spacial score (nSPS) is 10.8. The van der Waals surface area contributed by atoms with Crippen molar-refractivity contribution in [2.24, 2.45) is 0 Å². The summed E-state index contributed by atoms with van der Waals surface area (Å²) in [6.45, 7) is 4.44. The summed E-state index contributed by atoms with van der Waals surface area (Å²) in [5.74, 6) is 0. The monoisotopic (exact) mass is 1010 g/mol. The molecule has 0 amide bonds. The molecule has 0 saturated carbocycles. The van der Waals surface area contributed by atoms with Gasteiger partial charge in [-0.25, -0.2) is 0 Å². The fourth-order valence-corrected chi connectivity index (χ4v) is 15.5. The Morgan fingerprint density at radius 2 is 0.439 bits per heavy atom. The van der Waals surface area contributed by atoms with E-state index in [9.17, 15) is 17.3 Å². The summed E-state index contributed by atoms with van der Waals surface area (Å²) in [4.78, 5) is 0. The summed E-state index contributed by atoms with van der Waals surface area (Å²) in [5, 5.41) is 12.3. The van der Waals surface area contributed by atoms with Crippen LogP contribution in [0.3, 0.4) is 0 Å². The molecule has 327 valence electrons. The van der Waals surface area contributed by atoms with E-state index in [-0.39, 0.29) is 26.2 Å². The molecular weight excluding hydrogens is 970 g/mol. The molecule has 0 N–H and O–H groups in total. The minimum absolute atomic E-state index is 0. The second-order valence-corrected chi connectivity index (χ2v) is 21.2. The van der Waals surface area contributed by atoms with Crippen LogP contribution in [0.4, 0.5) is 17.3 Å². The molecule has 0 unspecified atom stereocenters. The van der Waals surface area contributed by atoms with E-state index >= 15 is 0 Å². The molecule has 9 aromatic carbocycles. The molecule has 0 fully saturated rings. The molecular formula is C55H42B2F4OP3Rh-. The third-order valence-electron chi connectivity index (χ3n) is 10.6. The number of benzene rings is 9. The molecule has 0 spiro atoms. The van der Waals surface area contributed by atoms with Crippen molar-refractivity contribution < 1.29 is 41.4 Å². The molecule has 9 rings (SSSR count). The molecule has 66 heavy (non-hydrogen) atoms. The smallest absolute Gasteiger partial charge is 0.0663 e. The van der Waals surface area contributed by atoms with Gasteiger partial charge in [0, 0.05) is 19.5 Å². The molecule has 11 heteroatoms. The molecule has 1 nitrogen and oxygen atoms in total. The van der Waals surface area contributed by atoms with E-state index in [4.69, 9.17) is 4.65 Å². The van der Waals surface area contributed by atoms with Crippen LogP contribution in [0.15, 0.2) is 255 Å². The van der Waals surface area contributed by atoms with Gasteiger partial charge in [0.05, 0.1) is 0 Å². The van der Waals surface area contributed by atoms with E-state index in [1.165, 1.54) is 64.1 Å².